The Morgan fingerprint density at radius 2 is 1.92 bits per heavy atom. The van der Waals surface area contributed by atoms with Gasteiger partial charge in [-0.1, -0.05) is 12.8 Å². The third-order valence-electron chi connectivity index (χ3n) is 7.39. The first-order chi connectivity index (χ1) is 17.5. The van der Waals surface area contributed by atoms with Gasteiger partial charge in [0, 0.05) is 18.0 Å². The van der Waals surface area contributed by atoms with Crippen molar-refractivity contribution in [2.24, 2.45) is 11.8 Å². The lowest BCUT2D eigenvalue weighted by atomic mass is 9.79. The Balaban J connectivity index is 1.24. The van der Waals surface area contributed by atoms with Gasteiger partial charge in [0.05, 0.1) is 25.0 Å². The van der Waals surface area contributed by atoms with Crippen molar-refractivity contribution >= 4 is 23.4 Å². The van der Waals surface area contributed by atoms with E-state index >= 15 is 0 Å². The van der Waals surface area contributed by atoms with E-state index in [9.17, 15) is 9.59 Å². The summed E-state index contributed by atoms with van der Waals surface area (Å²) in [5.41, 5.74) is 7.92. The van der Waals surface area contributed by atoms with Crippen LogP contribution in [0.1, 0.15) is 79.8 Å². The maximum absolute atomic E-state index is 13.4. The van der Waals surface area contributed by atoms with Crippen LogP contribution in [0.15, 0.2) is 18.3 Å². The van der Waals surface area contributed by atoms with E-state index in [1.807, 2.05) is 12.1 Å². The second-order valence-corrected chi connectivity index (χ2v) is 10.1. The zero-order chi connectivity index (χ0) is 25.1. The molecule has 0 saturated heterocycles. The number of amides is 1. The minimum Gasteiger partial charge on any atom is -0.481 e. The lowest BCUT2D eigenvalue weighted by Crippen LogP contribution is -2.33. The lowest BCUT2D eigenvalue weighted by molar-refractivity contribution is -0.138. The molecule has 3 N–H and O–H groups in total. The van der Waals surface area contributed by atoms with Crippen molar-refractivity contribution in [3.63, 3.8) is 0 Å². The molecule has 36 heavy (non-hydrogen) atoms. The summed E-state index contributed by atoms with van der Waals surface area (Å²) >= 11 is 0. The van der Waals surface area contributed by atoms with Gasteiger partial charge in [0.25, 0.3) is 5.91 Å². The van der Waals surface area contributed by atoms with Crippen molar-refractivity contribution in [1.82, 2.24) is 15.0 Å². The number of aromatic nitrogens is 3. The van der Waals surface area contributed by atoms with E-state index in [1.54, 1.807) is 11.1 Å². The van der Waals surface area contributed by atoms with Gasteiger partial charge in [0.1, 0.15) is 18.0 Å². The van der Waals surface area contributed by atoms with Crippen LogP contribution < -0.4 is 20.1 Å². The quantitative estimate of drug-likeness (QED) is 0.497. The summed E-state index contributed by atoms with van der Waals surface area (Å²) in [5.74, 6) is 0.512. The zero-order valence-corrected chi connectivity index (χ0v) is 20.4. The molecular formula is C26H33N5O5. The number of rotatable bonds is 9. The zero-order valence-electron chi connectivity index (χ0n) is 20.4. The monoisotopic (exact) mass is 495 g/mol. The number of hydrogen-bond acceptors (Lipinski definition) is 8. The highest BCUT2D eigenvalue weighted by atomic mass is 16.5. The fourth-order valence-electron chi connectivity index (χ4n) is 5.17. The second-order valence-electron chi connectivity index (χ2n) is 10.1. The largest absolute Gasteiger partial charge is 0.481 e. The maximum Gasteiger partial charge on any atom is 0.321 e. The van der Waals surface area contributed by atoms with Gasteiger partial charge in [-0.25, -0.2) is 0 Å². The van der Waals surface area contributed by atoms with Crippen molar-refractivity contribution in [3.05, 3.63) is 29.6 Å². The van der Waals surface area contributed by atoms with E-state index in [4.69, 9.17) is 20.3 Å². The van der Waals surface area contributed by atoms with Crippen LogP contribution in [0.2, 0.25) is 0 Å². The van der Waals surface area contributed by atoms with Crippen LogP contribution in [0.4, 0.5) is 11.5 Å². The van der Waals surface area contributed by atoms with Gasteiger partial charge in [-0.05, 0) is 62.5 Å². The number of pyridine rings is 1. The number of aliphatic carboxylic acids is 1. The van der Waals surface area contributed by atoms with Crippen LogP contribution in [0, 0.1) is 11.8 Å². The van der Waals surface area contributed by atoms with Crippen LogP contribution in [0.25, 0.3) is 0 Å². The number of carboxylic acids is 1. The topological polar surface area (TPSA) is 141 Å². The molecule has 0 unspecified atom stereocenters. The minimum atomic E-state index is -0.729. The first kappa shape index (κ1) is 24.3. The SMILES string of the molecule is Nc1nc(OCCCC2CC2)nc2c1C(=O)N(c1ccc(C3CCC(CC(=O)O)CC3)nc1)CCO2. The molecule has 10 heteroatoms. The van der Waals surface area contributed by atoms with Gasteiger partial charge in [0.2, 0.25) is 5.88 Å². The van der Waals surface area contributed by atoms with Crippen LogP contribution in [0.5, 0.6) is 11.9 Å². The molecule has 10 nitrogen and oxygen atoms in total. The first-order valence-electron chi connectivity index (χ1n) is 12.9. The Morgan fingerprint density at radius 3 is 2.61 bits per heavy atom. The molecule has 3 heterocycles. The number of carboxylic acid groups (broad SMARTS) is 1. The molecule has 0 atom stereocenters. The van der Waals surface area contributed by atoms with E-state index in [0.29, 0.717) is 24.8 Å². The van der Waals surface area contributed by atoms with Crippen LogP contribution in [-0.2, 0) is 4.79 Å². The number of nitrogen functional groups attached to an aromatic ring is 1. The maximum atomic E-state index is 13.4. The Morgan fingerprint density at radius 1 is 1.14 bits per heavy atom. The molecule has 2 aromatic rings. The number of fused-ring (bicyclic) bond motifs is 1. The molecule has 0 bridgehead atoms. The molecular weight excluding hydrogens is 462 g/mol. The highest BCUT2D eigenvalue weighted by Crippen LogP contribution is 2.37. The lowest BCUT2D eigenvalue weighted by Gasteiger charge is -2.27. The van der Waals surface area contributed by atoms with Gasteiger partial charge < -0.3 is 25.2 Å². The first-order valence-corrected chi connectivity index (χ1v) is 12.9. The highest BCUT2D eigenvalue weighted by Gasteiger charge is 2.31. The summed E-state index contributed by atoms with van der Waals surface area (Å²) in [6.45, 7) is 1.09. The molecule has 2 saturated carbocycles. The number of nitrogens with two attached hydrogens (primary N) is 1. The van der Waals surface area contributed by atoms with Gasteiger partial charge >= 0.3 is 12.0 Å². The number of ether oxygens (including phenoxy) is 2. The summed E-state index contributed by atoms with van der Waals surface area (Å²) in [5, 5.41) is 9.02. The Hall–Kier alpha value is -3.43. The number of carbonyl (C=O) groups excluding carboxylic acids is 1. The Bertz CT molecular complexity index is 1100. The molecule has 192 valence electrons. The third-order valence-corrected chi connectivity index (χ3v) is 7.39. The van der Waals surface area contributed by atoms with Gasteiger partial charge in [-0.3, -0.25) is 14.6 Å². The van der Waals surface area contributed by atoms with Gasteiger partial charge in [-0.2, -0.15) is 9.97 Å². The molecule has 2 aliphatic carbocycles. The second kappa shape index (κ2) is 10.7. The van der Waals surface area contributed by atoms with Crippen molar-refractivity contribution in [2.45, 2.75) is 63.7 Å². The van der Waals surface area contributed by atoms with Gasteiger partial charge in [-0.15, -0.1) is 0 Å². The highest BCUT2D eigenvalue weighted by molar-refractivity contribution is 6.10. The van der Waals surface area contributed by atoms with E-state index in [-0.39, 0.29) is 48.1 Å². The average molecular weight is 496 g/mol. The fourth-order valence-corrected chi connectivity index (χ4v) is 5.17. The van der Waals surface area contributed by atoms with Crippen LogP contribution in [-0.4, -0.2) is 51.7 Å². The molecule has 0 radical (unpaired) electrons. The molecule has 2 aromatic heterocycles. The summed E-state index contributed by atoms with van der Waals surface area (Å²) in [6.07, 6.45) is 10.3. The molecule has 1 aliphatic heterocycles. The molecule has 5 rings (SSSR count). The molecule has 0 spiro atoms. The summed E-state index contributed by atoms with van der Waals surface area (Å²) in [4.78, 5) is 39.1. The van der Waals surface area contributed by atoms with E-state index in [2.05, 4.69) is 15.0 Å². The molecule has 0 aromatic carbocycles. The van der Waals surface area contributed by atoms with Gasteiger partial charge in [0.15, 0.2) is 0 Å². The molecule has 1 amide bonds. The number of nitrogens with zero attached hydrogens (tertiary/aromatic N) is 4. The standard InChI is InChI=1S/C26H33N5O5/c27-23-22-24(30-26(29-23)36-12-1-2-16-3-4-16)35-13-11-31(25(22)34)19-9-10-20(28-15-19)18-7-5-17(6-8-18)14-21(32)33/h9-10,15-18H,1-8,11-14H2,(H,32,33)(H2,27,29,30). The van der Waals surface area contributed by atoms with E-state index in [1.165, 1.54) is 12.8 Å². The number of hydrogen-bond donors (Lipinski definition) is 2. The summed E-state index contributed by atoms with van der Waals surface area (Å²) in [7, 11) is 0. The fraction of sp³-hybridized carbons (Fsp3) is 0.577. The van der Waals surface area contributed by atoms with Crippen molar-refractivity contribution in [3.8, 4) is 11.9 Å². The third kappa shape index (κ3) is 5.68. The normalized spacial score (nSPS) is 21.9. The Kier molecular flexibility index (Phi) is 7.20. The van der Waals surface area contributed by atoms with Crippen molar-refractivity contribution in [2.75, 3.05) is 30.4 Å². The van der Waals surface area contributed by atoms with Crippen LogP contribution >= 0.6 is 0 Å². The predicted molar refractivity (Wildman–Crippen MR) is 132 cm³/mol. The smallest absolute Gasteiger partial charge is 0.321 e. The van der Waals surface area contributed by atoms with E-state index < -0.39 is 5.97 Å². The Labute approximate surface area is 210 Å². The van der Waals surface area contributed by atoms with Crippen molar-refractivity contribution in [1.29, 1.82) is 0 Å². The predicted octanol–water partition coefficient (Wildman–Crippen LogP) is 3.81. The van der Waals surface area contributed by atoms with Crippen molar-refractivity contribution < 1.29 is 24.2 Å². The summed E-state index contributed by atoms with van der Waals surface area (Å²) < 4.78 is 11.4. The number of anilines is 2. The van der Waals surface area contributed by atoms with E-state index in [0.717, 1.165) is 50.1 Å². The molecule has 2 fully saturated rings. The summed E-state index contributed by atoms with van der Waals surface area (Å²) in [6, 6.07) is 3.98. The molecule has 3 aliphatic rings. The average Bonchev–Trinajstić information content (AvgIpc) is 3.70. The minimum absolute atomic E-state index is 0.0387. The number of carbonyl (C=O) groups is 2. The van der Waals surface area contributed by atoms with Crippen LogP contribution in [0.3, 0.4) is 0 Å².